The average molecular weight is 241 g/mol. The molecule has 1 aromatic heterocycles. The lowest BCUT2D eigenvalue weighted by atomic mass is 10.1. The normalized spacial score (nSPS) is 11.1. The van der Waals surface area contributed by atoms with Gasteiger partial charge in [-0.25, -0.2) is 4.98 Å². The van der Waals surface area contributed by atoms with Gasteiger partial charge in [0.25, 0.3) is 0 Å². The van der Waals surface area contributed by atoms with Crippen molar-refractivity contribution in [2.24, 2.45) is 0 Å². The molecule has 0 atom stereocenters. The summed E-state index contributed by atoms with van der Waals surface area (Å²) in [5.74, 6) is 0.551. The topological polar surface area (TPSA) is 39.2 Å². The lowest BCUT2D eigenvalue weighted by Gasteiger charge is -2.06. The Morgan fingerprint density at radius 1 is 1.44 bits per heavy atom. The first-order valence-electron chi connectivity index (χ1n) is 5.63. The quantitative estimate of drug-likeness (QED) is 0.717. The number of hydrogen-bond acceptors (Lipinski definition) is 4. The van der Waals surface area contributed by atoms with E-state index in [1.165, 1.54) is 11.3 Å². The molecule has 4 heteroatoms. The first-order valence-corrected chi connectivity index (χ1v) is 6.45. The van der Waals surface area contributed by atoms with Crippen LogP contribution in [0.25, 0.3) is 0 Å². The van der Waals surface area contributed by atoms with Crippen molar-refractivity contribution in [2.75, 3.05) is 7.11 Å². The second-order valence-electron chi connectivity index (χ2n) is 3.83. The van der Waals surface area contributed by atoms with E-state index < -0.39 is 0 Å². The highest BCUT2D eigenvalue weighted by Crippen LogP contribution is 2.30. The smallest absolute Gasteiger partial charge is 0.171 e. The zero-order valence-corrected chi connectivity index (χ0v) is 11.2. The molecular formula is C12H19NO2S. The number of ketones is 1. The van der Waals surface area contributed by atoms with E-state index in [9.17, 15) is 4.79 Å². The number of methoxy groups -OCH3 is 1. The monoisotopic (exact) mass is 241 g/mol. The maximum Gasteiger partial charge on any atom is 0.171 e. The van der Waals surface area contributed by atoms with Gasteiger partial charge in [-0.3, -0.25) is 4.79 Å². The first-order chi connectivity index (χ1) is 7.63. The van der Waals surface area contributed by atoms with Gasteiger partial charge in [-0.2, -0.15) is 0 Å². The van der Waals surface area contributed by atoms with Crippen molar-refractivity contribution in [2.45, 2.75) is 46.1 Å². The van der Waals surface area contributed by atoms with Crippen molar-refractivity contribution in [1.29, 1.82) is 0 Å². The van der Waals surface area contributed by atoms with Crippen molar-refractivity contribution in [3.8, 4) is 0 Å². The van der Waals surface area contributed by atoms with E-state index in [1.54, 1.807) is 14.0 Å². The number of Topliss-reactive ketones (excluding diaryl/α,β-unsaturated/α-hetero) is 1. The lowest BCUT2D eigenvalue weighted by Crippen LogP contribution is -1.98. The Morgan fingerprint density at radius 2 is 2.06 bits per heavy atom. The van der Waals surface area contributed by atoms with Gasteiger partial charge in [0.05, 0.1) is 22.2 Å². The highest BCUT2D eigenvalue weighted by Gasteiger charge is 2.18. The van der Waals surface area contributed by atoms with Crippen molar-refractivity contribution in [3.63, 3.8) is 0 Å². The third-order valence-corrected chi connectivity index (χ3v) is 4.01. The lowest BCUT2D eigenvalue weighted by molar-refractivity contribution is 0.101. The van der Waals surface area contributed by atoms with Crippen molar-refractivity contribution < 1.29 is 9.53 Å². The maximum absolute atomic E-state index is 11.5. The van der Waals surface area contributed by atoms with Crippen LogP contribution in [0.15, 0.2) is 0 Å². The highest BCUT2D eigenvalue weighted by atomic mass is 32.1. The molecule has 0 aliphatic heterocycles. The molecule has 90 valence electrons. The van der Waals surface area contributed by atoms with Crippen LogP contribution in [0.5, 0.6) is 0 Å². The second kappa shape index (κ2) is 6.11. The maximum atomic E-state index is 11.5. The molecule has 0 saturated heterocycles. The molecule has 0 saturated carbocycles. The number of nitrogens with zero attached hydrogens (tertiary/aromatic N) is 1. The van der Waals surface area contributed by atoms with Gasteiger partial charge < -0.3 is 4.74 Å². The van der Waals surface area contributed by atoms with E-state index >= 15 is 0 Å². The van der Waals surface area contributed by atoms with Crippen LogP contribution in [-0.4, -0.2) is 17.9 Å². The minimum Gasteiger partial charge on any atom is -0.378 e. The van der Waals surface area contributed by atoms with Gasteiger partial charge in [-0.05, 0) is 12.8 Å². The van der Waals surface area contributed by atoms with Gasteiger partial charge in [0, 0.05) is 20.0 Å². The Labute approximate surface area is 101 Å². The Balaban J connectivity index is 3.04. The number of rotatable bonds is 6. The van der Waals surface area contributed by atoms with Gasteiger partial charge in [0.1, 0.15) is 0 Å². The van der Waals surface area contributed by atoms with Crippen LogP contribution in [0.4, 0.5) is 0 Å². The Hall–Kier alpha value is -0.740. The summed E-state index contributed by atoms with van der Waals surface area (Å²) in [6.45, 7) is 6.31. The molecule has 16 heavy (non-hydrogen) atoms. The molecule has 1 heterocycles. The summed E-state index contributed by atoms with van der Waals surface area (Å²) in [5, 5.41) is 1.07. The second-order valence-corrected chi connectivity index (χ2v) is 4.86. The number of carbonyl (C=O) groups is 1. The van der Waals surface area contributed by atoms with Crippen LogP contribution in [0.3, 0.4) is 0 Å². The summed E-state index contributed by atoms with van der Waals surface area (Å²) in [6, 6.07) is 0. The number of ether oxygens (including phenoxy) is 1. The fraction of sp³-hybridized carbons (Fsp3) is 0.667. The Bertz CT molecular complexity index is 356. The van der Waals surface area contributed by atoms with Gasteiger partial charge in [-0.1, -0.05) is 13.8 Å². The van der Waals surface area contributed by atoms with E-state index in [0.29, 0.717) is 12.5 Å². The summed E-state index contributed by atoms with van der Waals surface area (Å²) >= 11 is 1.52. The zero-order chi connectivity index (χ0) is 12.1. The Morgan fingerprint density at radius 3 is 2.50 bits per heavy atom. The van der Waals surface area contributed by atoms with Gasteiger partial charge >= 0.3 is 0 Å². The summed E-state index contributed by atoms with van der Waals surface area (Å²) in [6.07, 6.45) is 2.13. The van der Waals surface area contributed by atoms with Crippen LogP contribution in [-0.2, 0) is 11.3 Å². The van der Waals surface area contributed by atoms with Crippen molar-refractivity contribution >= 4 is 17.1 Å². The molecule has 0 radical (unpaired) electrons. The van der Waals surface area contributed by atoms with E-state index in [1.807, 2.05) is 0 Å². The van der Waals surface area contributed by atoms with E-state index in [0.717, 1.165) is 28.4 Å². The molecule has 0 unspecified atom stereocenters. The SMILES string of the molecule is CCC(CC)c1nc(COC)c(C(C)=O)s1. The molecule has 0 fully saturated rings. The summed E-state index contributed by atoms with van der Waals surface area (Å²) < 4.78 is 5.07. The minimum atomic E-state index is 0.0850. The molecular weight excluding hydrogens is 222 g/mol. The third-order valence-electron chi connectivity index (χ3n) is 2.65. The fourth-order valence-corrected chi connectivity index (χ4v) is 2.92. The highest BCUT2D eigenvalue weighted by molar-refractivity contribution is 7.13. The minimum absolute atomic E-state index is 0.0850. The van der Waals surface area contributed by atoms with Crippen LogP contribution in [0.2, 0.25) is 0 Å². The molecule has 1 rings (SSSR count). The van der Waals surface area contributed by atoms with Crippen LogP contribution < -0.4 is 0 Å². The summed E-state index contributed by atoms with van der Waals surface area (Å²) in [4.78, 5) is 16.8. The van der Waals surface area contributed by atoms with E-state index in [2.05, 4.69) is 18.8 Å². The summed E-state index contributed by atoms with van der Waals surface area (Å²) in [5.41, 5.74) is 0.793. The molecule has 0 spiro atoms. The third kappa shape index (κ3) is 2.89. The first kappa shape index (κ1) is 13.3. The average Bonchev–Trinajstić information content (AvgIpc) is 2.65. The summed E-state index contributed by atoms with van der Waals surface area (Å²) in [7, 11) is 1.63. The fourth-order valence-electron chi connectivity index (χ4n) is 1.69. The standard InChI is InChI=1S/C12H19NO2S/c1-5-9(6-2)12-13-10(7-15-4)11(16-12)8(3)14/h9H,5-7H2,1-4H3. The van der Waals surface area contributed by atoms with Gasteiger partial charge in [0.15, 0.2) is 5.78 Å². The van der Waals surface area contributed by atoms with Gasteiger partial charge in [-0.15, -0.1) is 11.3 Å². The molecule has 0 N–H and O–H groups in total. The molecule has 0 aliphatic rings. The van der Waals surface area contributed by atoms with E-state index in [-0.39, 0.29) is 5.78 Å². The predicted molar refractivity (Wildman–Crippen MR) is 66.2 cm³/mol. The molecule has 0 bridgehead atoms. The molecule has 3 nitrogen and oxygen atoms in total. The van der Waals surface area contributed by atoms with E-state index in [4.69, 9.17) is 4.74 Å². The van der Waals surface area contributed by atoms with Crippen LogP contribution in [0, 0.1) is 0 Å². The number of thiazole rings is 1. The molecule has 1 aromatic rings. The molecule has 0 amide bonds. The molecule has 0 aromatic carbocycles. The number of carbonyl (C=O) groups excluding carboxylic acids is 1. The molecule has 0 aliphatic carbocycles. The van der Waals surface area contributed by atoms with Crippen molar-refractivity contribution in [1.82, 2.24) is 4.98 Å². The zero-order valence-electron chi connectivity index (χ0n) is 10.4. The number of hydrogen-bond donors (Lipinski definition) is 0. The largest absolute Gasteiger partial charge is 0.378 e. The van der Waals surface area contributed by atoms with Crippen molar-refractivity contribution in [3.05, 3.63) is 15.6 Å². The van der Waals surface area contributed by atoms with Crippen LogP contribution in [0.1, 0.15) is 59.9 Å². The predicted octanol–water partition coefficient (Wildman–Crippen LogP) is 3.40. The van der Waals surface area contributed by atoms with Crippen LogP contribution >= 0.6 is 11.3 Å². The number of aromatic nitrogens is 1. The Kier molecular flexibility index (Phi) is 5.09. The van der Waals surface area contributed by atoms with Gasteiger partial charge in [0.2, 0.25) is 0 Å².